The molecule has 0 spiro atoms. The predicted octanol–water partition coefficient (Wildman–Crippen LogP) is 3.46. The van der Waals surface area contributed by atoms with Gasteiger partial charge in [-0.2, -0.15) is 11.8 Å². The van der Waals surface area contributed by atoms with Crippen molar-refractivity contribution in [2.45, 2.75) is 31.4 Å². The first kappa shape index (κ1) is 23.4. The van der Waals surface area contributed by atoms with E-state index in [1.165, 1.54) is 5.56 Å². The lowest BCUT2D eigenvalue weighted by atomic mass is 9.99. The van der Waals surface area contributed by atoms with Crippen molar-refractivity contribution >= 4 is 41.7 Å². The van der Waals surface area contributed by atoms with Gasteiger partial charge in [-0.05, 0) is 45.1 Å². The Kier molecular flexibility index (Phi) is 11.4. The van der Waals surface area contributed by atoms with Crippen LogP contribution in [-0.2, 0) is 4.74 Å². The van der Waals surface area contributed by atoms with Gasteiger partial charge >= 0.3 is 0 Å². The number of nitrogens with zero attached hydrogens (tertiary/aromatic N) is 1. The number of rotatable bonds is 8. The van der Waals surface area contributed by atoms with Crippen molar-refractivity contribution in [3.05, 3.63) is 29.8 Å². The van der Waals surface area contributed by atoms with Gasteiger partial charge in [0.2, 0.25) is 0 Å². The van der Waals surface area contributed by atoms with Crippen molar-refractivity contribution in [2.24, 2.45) is 4.99 Å². The maximum absolute atomic E-state index is 5.76. The molecule has 2 N–H and O–H groups in total. The summed E-state index contributed by atoms with van der Waals surface area (Å²) in [6.45, 7) is 8.81. The van der Waals surface area contributed by atoms with E-state index in [0.717, 1.165) is 57.4 Å². The van der Waals surface area contributed by atoms with Crippen LogP contribution in [0.1, 0.15) is 25.3 Å². The molecule has 0 aliphatic carbocycles. The number of aliphatic imine (C=N–C) groups is 1. The molecule has 7 heteroatoms. The molecular weight excluding hydrogens is 461 g/mol. The third-order valence-electron chi connectivity index (χ3n) is 4.39. The highest BCUT2D eigenvalue weighted by atomic mass is 127. The van der Waals surface area contributed by atoms with Gasteiger partial charge in [0.05, 0.1) is 13.1 Å². The quantitative estimate of drug-likeness (QED) is 0.252. The van der Waals surface area contributed by atoms with Gasteiger partial charge in [-0.25, -0.2) is 0 Å². The second kappa shape index (κ2) is 12.7. The number of nitrogens with one attached hydrogen (secondary N) is 2. The van der Waals surface area contributed by atoms with E-state index in [2.05, 4.69) is 42.9 Å². The minimum atomic E-state index is 0. The zero-order valence-corrected chi connectivity index (χ0v) is 19.2. The first-order valence-corrected chi connectivity index (χ1v) is 10.2. The van der Waals surface area contributed by atoms with Crippen LogP contribution >= 0.6 is 35.7 Å². The molecule has 26 heavy (non-hydrogen) atoms. The Hall–Kier alpha value is -0.670. The van der Waals surface area contributed by atoms with Crippen molar-refractivity contribution in [1.82, 2.24) is 10.6 Å². The Balaban J connectivity index is 0.00000338. The summed E-state index contributed by atoms with van der Waals surface area (Å²) in [7, 11) is 0. The summed E-state index contributed by atoms with van der Waals surface area (Å²) in [6, 6.07) is 8.12. The van der Waals surface area contributed by atoms with E-state index < -0.39 is 0 Å². The number of halogens is 1. The van der Waals surface area contributed by atoms with E-state index in [9.17, 15) is 0 Å². The number of hydrogen-bond acceptors (Lipinski definition) is 4. The zero-order chi connectivity index (χ0) is 18.0. The molecule has 1 aliphatic heterocycles. The fourth-order valence-electron chi connectivity index (χ4n) is 2.71. The number of aryl methyl sites for hydroxylation is 1. The van der Waals surface area contributed by atoms with Crippen molar-refractivity contribution in [2.75, 3.05) is 45.7 Å². The Labute approximate surface area is 179 Å². The third kappa shape index (κ3) is 7.92. The lowest BCUT2D eigenvalue weighted by molar-refractivity contribution is 0.0794. The van der Waals surface area contributed by atoms with Crippen LogP contribution in [0, 0.1) is 6.92 Å². The minimum absolute atomic E-state index is 0. The van der Waals surface area contributed by atoms with E-state index in [4.69, 9.17) is 14.5 Å². The molecule has 0 aromatic heterocycles. The third-order valence-corrected chi connectivity index (χ3v) is 5.79. The molecule has 0 unspecified atom stereocenters. The van der Waals surface area contributed by atoms with Crippen LogP contribution in [0.25, 0.3) is 0 Å². The molecule has 1 fully saturated rings. The molecule has 2 rings (SSSR count). The Bertz CT molecular complexity index is 534. The van der Waals surface area contributed by atoms with Crippen molar-refractivity contribution in [1.29, 1.82) is 0 Å². The van der Waals surface area contributed by atoms with Gasteiger partial charge in [-0.1, -0.05) is 17.7 Å². The summed E-state index contributed by atoms with van der Waals surface area (Å²) >= 11 is 1.91. The van der Waals surface area contributed by atoms with Crippen LogP contribution in [0.4, 0.5) is 0 Å². The van der Waals surface area contributed by atoms with Crippen molar-refractivity contribution < 1.29 is 9.47 Å². The molecular formula is C19H32IN3O2S. The molecule has 0 amide bonds. The second-order valence-electron chi connectivity index (χ2n) is 6.28. The molecule has 0 bridgehead atoms. The smallest absolute Gasteiger partial charge is 0.191 e. The lowest BCUT2D eigenvalue weighted by Crippen LogP contribution is -2.42. The highest BCUT2D eigenvalue weighted by Crippen LogP contribution is 2.33. The number of hydrogen-bond donors (Lipinski definition) is 2. The van der Waals surface area contributed by atoms with E-state index in [-0.39, 0.29) is 28.7 Å². The summed E-state index contributed by atoms with van der Waals surface area (Å²) in [5.41, 5.74) is 1.24. The fourth-order valence-corrected chi connectivity index (χ4v) is 3.48. The molecule has 1 heterocycles. The standard InChI is InChI=1S/C19H31N3O2S.HI/c1-4-20-18(22-15-19(25-3)9-12-23-13-10-19)21-11-14-24-17-7-5-16(2)6-8-17;/h5-8H,4,9-15H2,1-3H3,(H2,20,21,22);1H. The molecule has 5 nitrogen and oxygen atoms in total. The van der Waals surface area contributed by atoms with E-state index in [1.807, 2.05) is 23.9 Å². The van der Waals surface area contributed by atoms with E-state index >= 15 is 0 Å². The summed E-state index contributed by atoms with van der Waals surface area (Å²) in [6.07, 6.45) is 4.30. The second-order valence-corrected chi connectivity index (χ2v) is 7.56. The predicted molar refractivity (Wildman–Crippen MR) is 122 cm³/mol. The number of benzene rings is 1. The number of thioether (sulfide) groups is 1. The monoisotopic (exact) mass is 493 g/mol. The van der Waals surface area contributed by atoms with Crippen LogP contribution in [0.3, 0.4) is 0 Å². The van der Waals surface area contributed by atoms with Crippen molar-refractivity contribution in [3.63, 3.8) is 0 Å². The molecule has 0 radical (unpaired) electrons. The van der Waals surface area contributed by atoms with Gasteiger partial charge in [0, 0.05) is 24.5 Å². The SMILES string of the molecule is CCNC(=NCC1(SC)CCOCC1)NCCOc1ccc(C)cc1.I. The number of guanidine groups is 1. The fraction of sp³-hybridized carbons (Fsp3) is 0.632. The molecule has 0 saturated carbocycles. The summed E-state index contributed by atoms with van der Waals surface area (Å²) in [5.74, 6) is 1.76. The summed E-state index contributed by atoms with van der Waals surface area (Å²) in [4.78, 5) is 4.80. The van der Waals surface area contributed by atoms with Gasteiger partial charge in [-0.3, -0.25) is 4.99 Å². The maximum atomic E-state index is 5.76. The van der Waals surface area contributed by atoms with Gasteiger partial charge in [0.25, 0.3) is 0 Å². The average molecular weight is 493 g/mol. The van der Waals surface area contributed by atoms with E-state index in [1.54, 1.807) is 0 Å². The normalized spacial score (nSPS) is 16.5. The molecule has 1 aromatic rings. The van der Waals surface area contributed by atoms with Gasteiger partial charge in [0.15, 0.2) is 5.96 Å². The molecule has 0 atom stereocenters. The van der Waals surface area contributed by atoms with Crippen LogP contribution < -0.4 is 15.4 Å². The first-order valence-electron chi connectivity index (χ1n) is 9.02. The lowest BCUT2D eigenvalue weighted by Gasteiger charge is -2.34. The zero-order valence-electron chi connectivity index (χ0n) is 16.0. The minimum Gasteiger partial charge on any atom is -0.492 e. The highest BCUT2D eigenvalue weighted by molar-refractivity contribution is 14.0. The molecule has 1 saturated heterocycles. The largest absolute Gasteiger partial charge is 0.492 e. The number of ether oxygens (including phenoxy) is 2. The van der Waals surface area contributed by atoms with Crippen LogP contribution in [-0.4, -0.2) is 56.4 Å². The molecule has 148 valence electrons. The van der Waals surface area contributed by atoms with Crippen LogP contribution in [0.5, 0.6) is 5.75 Å². The van der Waals surface area contributed by atoms with Crippen LogP contribution in [0.15, 0.2) is 29.3 Å². The first-order chi connectivity index (χ1) is 12.2. The van der Waals surface area contributed by atoms with E-state index in [0.29, 0.717) is 6.61 Å². The van der Waals surface area contributed by atoms with Gasteiger partial charge < -0.3 is 20.1 Å². The highest BCUT2D eigenvalue weighted by Gasteiger charge is 2.31. The average Bonchev–Trinajstić information content (AvgIpc) is 2.65. The Morgan fingerprint density at radius 1 is 1.23 bits per heavy atom. The van der Waals surface area contributed by atoms with Crippen LogP contribution in [0.2, 0.25) is 0 Å². The molecule has 1 aliphatic rings. The van der Waals surface area contributed by atoms with Gasteiger partial charge in [-0.15, -0.1) is 24.0 Å². The maximum Gasteiger partial charge on any atom is 0.191 e. The topological polar surface area (TPSA) is 54.9 Å². The Morgan fingerprint density at radius 2 is 1.92 bits per heavy atom. The Morgan fingerprint density at radius 3 is 2.54 bits per heavy atom. The summed E-state index contributed by atoms with van der Waals surface area (Å²) in [5, 5.41) is 6.67. The molecule has 1 aromatic carbocycles. The summed E-state index contributed by atoms with van der Waals surface area (Å²) < 4.78 is 11.5. The van der Waals surface area contributed by atoms with Crippen molar-refractivity contribution in [3.8, 4) is 5.75 Å². The van der Waals surface area contributed by atoms with Gasteiger partial charge in [0.1, 0.15) is 12.4 Å².